The summed E-state index contributed by atoms with van der Waals surface area (Å²) in [7, 11) is 0. The molecule has 1 aromatic carbocycles. The van der Waals surface area contributed by atoms with E-state index in [2.05, 4.69) is 12.1 Å². The molecule has 0 aliphatic rings. The molecule has 1 nitrogen and oxygen atoms in total. The molecular weight excluding hydrogens is 252 g/mol. The summed E-state index contributed by atoms with van der Waals surface area (Å²) in [5.41, 5.74) is 1.32. The summed E-state index contributed by atoms with van der Waals surface area (Å²) in [6.45, 7) is 0. The van der Waals surface area contributed by atoms with E-state index in [0.29, 0.717) is 0 Å². The number of aryl methyl sites for hydroxylation is 1. The number of rotatable bonds is 5. The van der Waals surface area contributed by atoms with E-state index < -0.39 is 0 Å². The maximum absolute atomic E-state index is 9.96. The Labute approximate surface area is 111 Å². The lowest BCUT2D eigenvalue weighted by Gasteiger charge is -2.08. The van der Waals surface area contributed by atoms with Crippen LogP contribution >= 0.6 is 22.9 Å². The predicted molar refractivity (Wildman–Crippen MR) is 73.7 cm³/mol. The number of hydrogen-bond acceptors (Lipinski definition) is 2. The highest BCUT2D eigenvalue weighted by Gasteiger charge is 2.09. The highest BCUT2D eigenvalue weighted by atomic mass is 35.5. The molecule has 90 valence electrons. The van der Waals surface area contributed by atoms with Crippen molar-refractivity contribution >= 4 is 22.9 Å². The summed E-state index contributed by atoms with van der Waals surface area (Å²) >= 11 is 7.30. The van der Waals surface area contributed by atoms with Gasteiger partial charge in [0.2, 0.25) is 0 Å². The summed E-state index contributed by atoms with van der Waals surface area (Å²) in [5, 5.41) is 9.96. The fourth-order valence-corrected chi connectivity index (χ4v) is 2.88. The Balaban J connectivity index is 1.79. The molecule has 0 saturated carbocycles. The second-order valence-electron chi connectivity index (χ2n) is 4.04. The summed E-state index contributed by atoms with van der Waals surface area (Å²) in [4.78, 5) is 0.961. The van der Waals surface area contributed by atoms with Crippen molar-refractivity contribution in [2.24, 2.45) is 0 Å². The van der Waals surface area contributed by atoms with E-state index in [0.717, 1.165) is 28.5 Å². The van der Waals surface area contributed by atoms with Crippen molar-refractivity contribution in [3.63, 3.8) is 0 Å². The molecule has 0 amide bonds. The summed E-state index contributed by atoms with van der Waals surface area (Å²) in [6.07, 6.45) is 2.40. The third kappa shape index (κ3) is 3.84. The van der Waals surface area contributed by atoms with E-state index in [1.54, 1.807) is 0 Å². The SMILES string of the molecule is OC(CCCc1ccccc1)c1ccc(Cl)s1. The molecule has 1 heterocycles. The van der Waals surface area contributed by atoms with Crippen molar-refractivity contribution in [2.75, 3.05) is 0 Å². The highest BCUT2D eigenvalue weighted by molar-refractivity contribution is 7.16. The molecular formula is C14H15ClOS. The molecule has 0 aliphatic heterocycles. The van der Waals surface area contributed by atoms with Gasteiger partial charge in [0.25, 0.3) is 0 Å². The van der Waals surface area contributed by atoms with Crippen molar-refractivity contribution in [1.82, 2.24) is 0 Å². The number of halogens is 1. The van der Waals surface area contributed by atoms with Crippen molar-refractivity contribution < 1.29 is 5.11 Å². The first-order valence-corrected chi connectivity index (χ1v) is 6.92. The van der Waals surface area contributed by atoms with Crippen molar-refractivity contribution in [3.8, 4) is 0 Å². The number of aliphatic hydroxyl groups is 1. The maximum atomic E-state index is 9.96. The molecule has 0 aliphatic carbocycles. The largest absolute Gasteiger partial charge is 0.388 e. The van der Waals surface area contributed by atoms with Crippen LogP contribution in [0.25, 0.3) is 0 Å². The first-order chi connectivity index (χ1) is 8.25. The van der Waals surface area contributed by atoms with Crippen LogP contribution < -0.4 is 0 Å². The van der Waals surface area contributed by atoms with Gasteiger partial charge < -0.3 is 5.11 Å². The Hall–Kier alpha value is -0.830. The van der Waals surface area contributed by atoms with Gasteiger partial charge in [0.15, 0.2) is 0 Å². The molecule has 3 heteroatoms. The third-order valence-electron chi connectivity index (χ3n) is 2.71. The smallest absolute Gasteiger partial charge is 0.0932 e. The molecule has 0 saturated heterocycles. The Morgan fingerprint density at radius 1 is 1.12 bits per heavy atom. The third-order valence-corrected chi connectivity index (χ3v) is 4.04. The van der Waals surface area contributed by atoms with Gasteiger partial charge in [0.1, 0.15) is 0 Å². The molecule has 0 fully saturated rings. The van der Waals surface area contributed by atoms with Crippen LogP contribution in [0.3, 0.4) is 0 Å². The number of thiophene rings is 1. The van der Waals surface area contributed by atoms with Crippen LogP contribution in [0, 0.1) is 0 Å². The Morgan fingerprint density at radius 3 is 2.53 bits per heavy atom. The molecule has 1 unspecified atom stereocenters. The second-order valence-corrected chi connectivity index (χ2v) is 5.78. The molecule has 2 aromatic rings. The molecule has 0 bridgehead atoms. The van der Waals surface area contributed by atoms with E-state index in [4.69, 9.17) is 11.6 Å². The standard InChI is InChI=1S/C14H15ClOS/c15-14-10-9-13(17-14)12(16)8-4-7-11-5-2-1-3-6-11/h1-3,5-6,9-10,12,16H,4,7-8H2. The maximum Gasteiger partial charge on any atom is 0.0932 e. The Kier molecular flexibility index (Phi) is 4.60. The first kappa shape index (κ1) is 12.6. The van der Waals surface area contributed by atoms with Gasteiger partial charge in [-0.2, -0.15) is 0 Å². The van der Waals surface area contributed by atoms with E-state index in [1.807, 2.05) is 30.3 Å². The Bertz CT molecular complexity index is 452. The molecule has 1 atom stereocenters. The quantitative estimate of drug-likeness (QED) is 0.847. The van der Waals surface area contributed by atoms with E-state index in [9.17, 15) is 5.11 Å². The lowest BCUT2D eigenvalue weighted by Crippen LogP contribution is -1.95. The van der Waals surface area contributed by atoms with E-state index >= 15 is 0 Å². The van der Waals surface area contributed by atoms with Gasteiger partial charge in [0, 0.05) is 4.88 Å². The number of benzene rings is 1. The van der Waals surface area contributed by atoms with Gasteiger partial charge in [-0.15, -0.1) is 11.3 Å². The van der Waals surface area contributed by atoms with Crippen LogP contribution in [-0.4, -0.2) is 5.11 Å². The van der Waals surface area contributed by atoms with Crippen LogP contribution in [0.15, 0.2) is 42.5 Å². The lowest BCUT2D eigenvalue weighted by atomic mass is 10.1. The predicted octanol–water partition coefficient (Wildman–Crippen LogP) is 4.46. The Morgan fingerprint density at radius 2 is 1.88 bits per heavy atom. The fraction of sp³-hybridized carbons (Fsp3) is 0.286. The average molecular weight is 267 g/mol. The van der Waals surface area contributed by atoms with Gasteiger partial charge in [0.05, 0.1) is 10.4 Å². The van der Waals surface area contributed by atoms with Gasteiger partial charge in [-0.3, -0.25) is 0 Å². The molecule has 1 N–H and O–H groups in total. The molecule has 0 spiro atoms. The van der Waals surface area contributed by atoms with Crippen LogP contribution in [0.1, 0.15) is 29.4 Å². The van der Waals surface area contributed by atoms with Crippen LogP contribution in [0.4, 0.5) is 0 Å². The van der Waals surface area contributed by atoms with Crippen molar-refractivity contribution in [1.29, 1.82) is 0 Å². The van der Waals surface area contributed by atoms with E-state index in [1.165, 1.54) is 16.9 Å². The van der Waals surface area contributed by atoms with E-state index in [-0.39, 0.29) is 6.10 Å². The van der Waals surface area contributed by atoms with Crippen LogP contribution in [0.2, 0.25) is 4.34 Å². The first-order valence-electron chi connectivity index (χ1n) is 5.73. The molecule has 17 heavy (non-hydrogen) atoms. The fourth-order valence-electron chi connectivity index (χ4n) is 1.79. The number of aliphatic hydroxyl groups excluding tert-OH is 1. The summed E-state index contributed by atoms with van der Waals surface area (Å²) in [6, 6.07) is 14.1. The van der Waals surface area contributed by atoms with Crippen LogP contribution in [0.5, 0.6) is 0 Å². The normalized spacial score (nSPS) is 12.6. The molecule has 1 aromatic heterocycles. The average Bonchev–Trinajstić information content (AvgIpc) is 2.77. The highest BCUT2D eigenvalue weighted by Crippen LogP contribution is 2.29. The molecule has 2 rings (SSSR count). The zero-order chi connectivity index (χ0) is 12.1. The lowest BCUT2D eigenvalue weighted by molar-refractivity contribution is 0.168. The minimum absolute atomic E-state index is 0.379. The van der Waals surface area contributed by atoms with Crippen molar-refractivity contribution in [2.45, 2.75) is 25.4 Å². The second kappa shape index (κ2) is 6.20. The van der Waals surface area contributed by atoms with Gasteiger partial charge in [-0.25, -0.2) is 0 Å². The monoisotopic (exact) mass is 266 g/mol. The minimum atomic E-state index is -0.379. The zero-order valence-electron chi connectivity index (χ0n) is 9.47. The van der Waals surface area contributed by atoms with Crippen molar-refractivity contribution in [3.05, 3.63) is 57.2 Å². The summed E-state index contributed by atoms with van der Waals surface area (Å²) < 4.78 is 0.738. The van der Waals surface area contributed by atoms with Gasteiger partial charge in [-0.05, 0) is 37.0 Å². The van der Waals surface area contributed by atoms with Gasteiger partial charge >= 0.3 is 0 Å². The number of hydrogen-bond donors (Lipinski definition) is 1. The topological polar surface area (TPSA) is 20.2 Å². The molecule has 0 radical (unpaired) electrons. The van der Waals surface area contributed by atoms with Gasteiger partial charge in [-0.1, -0.05) is 41.9 Å². The van der Waals surface area contributed by atoms with Crippen LogP contribution in [-0.2, 0) is 6.42 Å². The zero-order valence-corrected chi connectivity index (χ0v) is 11.0. The minimum Gasteiger partial charge on any atom is -0.388 e. The summed E-state index contributed by atoms with van der Waals surface area (Å²) in [5.74, 6) is 0.